The lowest BCUT2D eigenvalue weighted by molar-refractivity contribution is 0.414. The highest BCUT2D eigenvalue weighted by Gasteiger charge is 2.33. The average molecular weight is 470 g/mol. The molecule has 1 aliphatic heterocycles. The predicted octanol–water partition coefficient (Wildman–Crippen LogP) is 6.52. The zero-order valence-electron chi connectivity index (χ0n) is 18.8. The molecule has 8 heteroatoms. The molecule has 4 aromatic rings. The Kier molecular flexibility index (Phi) is 6.05. The number of aromatic amines is 1. The number of nitrogens with one attached hydrogen (secondary N) is 1. The normalized spacial score (nSPS) is 15.6. The Balaban J connectivity index is 1.55. The van der Waals surface area contributed by atoms with E-state index < -0.39 is 0 Å². The third kappa shape index (κ3) is 4.53. The van der Waals surface area contributed by atoms with Crippen molar-refractivity contribution in [1.29, 1.82) is 0 Å². The molecule has 1 unspecified atom stereocenters. The molecule has 1 atom stereocenters. The Morgan fingerprint density at radius 2 is 1.74 bits per heavy atom. The summed E-state index contributed by atoms with van der Waals surface area (Å²) in [5, 5.41) is 16.0. The molecule has 5 rings (SSSR count). The number of thiazole rings is 1. The van der Waals surface area contributed by atoms with Crippen molar-refractivity contribution in [1.82, 2.24) is 4.98 Å². The number of aromatic nitrogens is 1. The van der Waals surface area contributed by atoms with Crippen LogP contribution in [0.3, 0.4) is 0 Å². The predicted molar refractivity (Wildman–Crippen MR) is 136 cm³/mol. The number of rotatable bonds is 6. The second kappa shape index (κ2) is 9.44. The maximum Gasteiger partial charge on any atom is 0.308 e. The first-order chi connectivity index (χ1) is 16.6. The van der Waals surface area contributed by atoms with Crippen molar-refractivity contribution in [2.75, 3.05) is 12.1 Å². The summed E-state index contributed by atoms with van der Waals surface area (Å²) >= 11 is 1.02. The molecule has 1 aliphatic rings. The van der Waals surface area contributed by atoms with Crippen LogP contribution in [0.2, 0.25) is 0 Å². The second-order valence-corrected chi connectivity index (χ2v) is 8.92. The van der Waals surface area contributed by atoms with Crippen molar-refractivity contribution >= 4 is 33.6 Å². The van der Waals surface area contributed by atoms with Gasteiger partial charge in [-0.15, -0.1) is 10.2 Å². The van der Waals surface area contributed by atoms with Gasteiger partial charge in [-0.1, -0.05) is 71.5 Å². The number of hydrogen-bond acceptors (Lipinski definition) is 7. The minimum Gasteiger partial charge on any atom is -0.497 e. The van der Waals surface area contributed by atoms with Gasteiger partial charge in [0.05, 0.1) is 24.6 Å². The molecule has 0 bridgehead atoms. The van der Waals surface area contributed by atoms with Crippen LogP contribution in [0, 0.1) is 6.92 Å². The molecule has 3 aromatic carbocycles. The number of ether oxygens (including phenoxy) is 1. The lowest BCUT2D eigenvalue weighted by Crippen LogP contribution is -2.19. The van der Waals surface area contributed by atoms with Gasteiger partial charge in [0, 0.05) is 6.42 Å². The van der Waals surface area contributed by atoms with Crippen molar-refractivity contribution in [2.24, 2.45) is 15.3 Å². The first-order valence-electron chi connectivity index (χ1n) is 10.9. The van der Waals surface area contributed by atoms with E-state index in [9.17, 15) is 4.79 Å². The number of H-pyrrole nitrogens is 1. The third-order valence-corrected chi connectivity index (χ3v) is 6.41. The van der Waals surface area contributed by atoms with Crippen molar-refractivity contribution < 1.29 is 4.74 Å². The van der Waals surface area contributed by atoms with Crippen LogP contribution in [-0.2, 0) is 0 Å². The zero-order chi connectivity index (χ0) is 23.5. The summed E-state index contributed by atoms with van der Waals surface area (Å²) in [6.45, 7) is 2.02. The molecule has 0 saturated heterocycles. The fourth-order valence-corrected chi connectivity index (χ4v) is 4.50. The van der Waals surface area contributed by atoms with E-state index in [2.05, 4.69) is 15.2 Å². The number of hydrogen-bond donors (Lipinski definition) is 1. The van der Waals surface area contributed by atoms with Crippen LogP contribution in [0.5, 0.6) is 5.75 Å². The maximum atomic E-state index is 12.4. The molecule has 2 heterocycles. The third-order valence-electron chi connectivity index (χ3n) is 5.65. The average Bonchev–Trinajstić information content (AvgIpc) is 3.48. The number of nitrogens with zero attached hydrogens (tertiary/aromatic N) is 4. The molecular weight excluding hydrogens is 446 g/mol. The maximum absolute atomic E-state index is 12.4. The smallest absolute Gasteiger partial charge is 0.308 e. The van der Waals surface area contributed by atoms with Gasteiger partial charge in [0.1, 0.15) is 5.75 Å². The highest BCUT2D eigenvalue weighted by Crippen LogP contribution is 2.41. The van der Waals surface area contributed by atoms with Gasteiger partial charge >= 0.3 is 4.87 Å². The van der Waals surface area contributed by atoms with Crippen molar-refractivity contribution in [3.8, 4) is 5.75 Å². The molecule has 0 saturated carbocycles. The Morgan fingerprint density at radius 1 is 1.00 bits per heavy atom. The number of hydrazone groups is 1. The lowest BCUT2D eigenvalue weighted by Gasteiger charge is -2.22. The van der Waals surface area contributed by atoms with Gasteiger partial charge in [0.15, 0.2) is 10.8 Å². The molecule has 34 heavy (non-hydrogen) atoms. The van der Waals surface area contributed by atoms with Crippen molar-refractivity contribution in [2.45, 2.75) is 19.4 Å². The standard InChI is InChI=1S/C26H23N5O2S/c1-17-8-12-20(13-9-17)28-29-25-24(27-26(32)34-25)31-23(19-10-14-21(33-2)15-11-19)16-22(30-31)18-6-4-3-5-7-18/h3-15,23H,16H2,1-2H3,(H,27,32). The highest BCUT2D eigenvalue weighted by atomic mass is 32.1. The number of aryl methyl sites for hydroxylation is 1. The summed E-state index contributed by atoms with van der Waals surface area (Å²) < 4.78 is 5.32. The number of anilines is 1. The monoisotopic (exact) mass is 469 g/mol. The van der Waals surface area contributed by atoms with Gasteiger partial charge in [-0.05, 0) is 42.3 Å². The van der Waals surface area contributed by atoms with Crippen LogP contribution in [0.1, 0.15) is 29.2 Å². The van der Waals surface area contributed by atoms with E-state index in [0.29, 0.717) is 17.2 Å². The SMILES string of the molecule is COc1ccc(C2CC(c3ccccc3)=NN2c2[nH]c(=O)sc2N=Nc2ccc(C)cc2)cc1. The van der Waals surface area contributed by atoms with E-state index in [4.69, 9.17) is 9.84 Å². The van der Waals surface area contributed by atoms with E-state index >= 15 is 0 Å². The van der Waals surface area contributed by atoms with Gasteiger partial charge < -0.3 is 4.74 Å². The fraction of sp³-hybridized carbons (Fsp3) is 0.154. The first kappa shape index (κ1) is 21.8. The number of methoxy groups -OCH3 is 1. The molecule has 170 valence electrons. The van der Waals surface area contributed by atoms with E-state index in [1.165, 1.54) is 0 Å². The molecular formula is C26H23N5O2S. The largest absolute Gasteiger partial charge is 0.497 e. The summed E-state index contributed by atoms with van der Waals surface area (Å²) in [6, 6.07) is 25.6. The summed E-state index contributed by atoms with van der Waals surface area (Å²) in [6.07, 6.45) is 0.683. The second-order valence-electron chi connectivity index (χ2n) is 7.95. The van der Waals surface area contributed by atoms with Crippen LogP contribution < -0.4 is 14.6 Å². The molecule has 0 fully saturated rings. The summed E-state index contributed by atoms with van der Waals surface area (Å²) in [5.74, 6) is 1.33. The minimum atomic E-state index is -0.204. The molecule has 0 radical (unpaired) electrons. The topological polar surface area (TPSA) is 82.4 Å². The van der Waals surface area contributed by atoms with Gasteiger partial charge in [-0.25, -0.2) is 5.01 Å². The Bertz CT molecular complexity index is 1390. The lowest BCUT2D eigenvalue weighted by atomic mass is 9.98. The molecule has 1 N–H and O–H groups in total. The minimum absolute atomic E-state index is 0.111. The van der Waals surface area contributed by atoms with Crippen molar-refractivity contribution in [3.05, 3.63) is 105 Å². The van der Waals surface area contributed by atoms with Crippen LogP contribution in [-0.4, -0.2) is 17.8 Å². The molecule has 7 nitrogen and oxygen atoms in total. The van der Waals surface area contributed by atoms with Crippen LogP contribution in [0.4, 0.5) is 16.5 Å². The van der Waals surface area contributed by atoms with Gasteiger partial charge in [-0.3, -0.25) is 9.78 Å². The van der Waals surface area contributed by atoms with E-state index in [1.54, 1.807) is 7.11 Å². The molecule has 0 amide bonds. The summed E-state index contributed by atoms with van der Waals surface area (Å²) in [7, 11) is 1.65. The highest BCUT2D eigenvalue weighted by molar-refractivity contribution is 7.13. The van der Waals surface area contributed by atoms with Crippen LogP contribution in [0.15, 0.2) is 99.0 Å². The summed E-state index contributed by atoms with van der Waals surface area (Å²) in [4.78, 5) is 15.1. The molecule has 0 aliphatic carbocycles. The fourth-order valence-electron chi connectivity index (χ4n) is 3.86. The number of azo groups is 1. The molecule has 0 spiro atoms. The van der Waals surface area contributed by atoms with Crippen LogP contribution in [0.25, 0.3) is 0 Å². The van der Waals surface area contributed by atoms with Gasteiger partial charge in [0.25, 0.3) is 0 Å². The van der Waals surface area contributed by atoms with E-state index in [1.807, 2.05) is 90.8 Å². The van der Waals surface area contributed by atoms with Crippen LogP contribution >= 0.6 is 11.3 Å². The van der Waals surface area contributed by atoms with Crippen molar-refractivity contribution in [3.63, 3.8) is 0 Å². The van der Waals surface area contributed by atoms with Gasteiger partial charge in [0.2, 0.25) is 0 Å². The molecule has 1 aromatic heterocycles. The van der Waals surface area contributed by atoms with E-state index in [-0.39, 0.29) is 10.9 Å². The Hall–Kier alpha value is -4.04. The zero-order valence-corrected chi connectivity index (χ0v) is 19.6. The summed E-state index contributed by atoms with van der Waals surface area (Å²) in [5.41, 5.74) is 4.91. The quantitative estimate of drug-likeness (QED) is 0.326. The van der Waals surface area contributed by atoms with Gasteiger partial charge in [-0.2, -0.15) is 5.10 Å². The van der Waals surface area contributed by atoms with E-state index in [0.717, 1.165) is 45.2 Å². The first-order valence-corrected chi connectivity index (χ1v) is 11.7. The Labute approximate surface area is 201 Å². The number of benzene rings is 3. The Morgan fingerprint density at radius 3 is 2.44 bits per heavy atom.